The van der Waals surface area contributed by atoms with Gasteiger partial charge in [-0.2, -0.15) is 0 Å². The topological polar surface area (TPSA) is 84.0 Å². The quantitative estimate of drug-likeness (QED) is 0.804. The number of halogens is 1. The summed E-state index contributed by atoms with van der Waals surface area (Å²) in [5.41, 5.74) is 0.207. The molecular weight excluding hydrogens is 244 g/mol. The summed E-state index contributed by atoms with van der Waals surface area (Å²) in [6.07, 6.45) is 3.88. The highest BCUT2D eigenvalue weighted by Gasteiger charge is 2.21. The van der Waals surface area contributed by atoms with Crippen molar-refractivity contribution in [2.75, 3.05) is 6.54 Å². The summed E-state index contributed by atoms with van der Waals surface area (Å²) < 4.78 is 0. The summed E-state index contributed by atoms with van der Waals surface area (Å²) in [5, 5.41) is 5.68. The van der Waals surface area contributed by atoms with Crippen molar-refractivity contribution < 1.29 is 9.59 Å². The molecule has 1 fully saturated rings. The van der Waals surface area contributed by atoms with Gasteiger partial charge in [-0.1, -0.05) is 11.6 Å². The van der Waals surface area contributed by atoms with Gasteiger partial charge in [0.1, 0.15) is 10.8 Å². The van der Waals surface area contributed by atoms with Crippen LogP contribution in [0.3, 0.4) is 0 Å². The minimum atomic E-state index is -0.324. The SMILES string of the molecule is O=C1CCC(CNC(=O)c2cnc(Cl)cn2)N1. The van der Waals surface area contributed by atoms with Crippen LogP contribution in [-0.2, 0) is 4.79 Å². The van der Waals surface area contributed by atoms with E-state index < -0.39 is 0 Å². The first kappa shape index (κ1) is 11.8. The number of aromatic nitrogens is 2. The largest absolute Gasteiger partial charge is 0.352 e. The van der Waals surface area contributed by atoms with Gasteiger partial charge in [0.2, 0.25) is 5.91 Å². The van der Waals surface area contributed by atoms with Crippen molar-refractivity contribution in [1.82, 2.24) is 20.6 Å². The average Bonchev–Trinajstić information content (AvgIpc) is 2.73. The Balaban J connectivity index is 1.85. The van der Waals surface area contributed by atoms with E-state index >= 15 is 0 Å². The van der Waals surface area contributed by atoms with Crippen molar-refractivity contribution in [3.8, 4) is 0 Å². The first-order chi connectivity index (χ1) is 8.15. The second kappa shape index (κ2) is 5.09. The molecule has 2 N–H and O–H groups in total. The van der Waals surface area contributed by atoms with Crippen LogP contribution < -0.4 is 10.6 Å². The monoisotopic (exact) mass is 254 g/mol. The van der Waals surface area contributed by atoms with Gasteiger partial charge in [0.25, 0.3) is 5.91 Å². The fourth-order valence-electron chi connectivity index (χ4n) is 1.57. The Morgan fingerprint density at radius 1 is 1.53 bits per heavy atom. The summed E-state index contributed by atoms with van der Waals surface area (Å²) in [6, 6.07) is 0.00621. The molecular formula is C10H11ClN4O2. The second-order valence-corrected chi connectivity index (χ2v) is 4.12. The van der Waals surface area contributed by atoms with E-state index in [0.29, 0.717) is 13.0 Å². The molecule has 0 aromatic carbocycles. The molecule has 0 spiro atoms. The molecule has 0 aliphatic carbocycles. The van der Waals surface area contributed by atoms with Crippen molar-refractivity contribution in [3.05, 3.63) is 23.2 Å². The molecule has 1 aliphatic rings. The van der Waals surface area contributed by atoms with Gasteiger partial charge in [-0.15, -0.1) is 0 Å². The van der Waals surface area contributed by atoms with E-state index in [1.807, 2.05) is 0 Å². The van der Waals surface area contributed by atoms with E-state index in [4.69, 9.17) is 11.6 Å². The lowest BCUT2D eigenvalue weighted by Crippen LogP contribution is -2.38. The van der Waals surface area contributed by atoms with E-state index in [0.717, 1.165) is 6.42 Å². The Morgan fingerprint density at radius 2 is 2.35 bits per heavy atom. The third-order valence-electron chi connectivity index (χ3n) is 2.45. The van der Waals surface area contributed by atoms with Crippen LogP contribution in [0, 0.1) is 0 Å². The Kier molecular flexibility index (Phi) is 3.53. The maximum absolute atomic E-state index is 11.6. The molecule has 2 amide bonds. The summed E-state index contributed by atoms with van der Waals surface area (Å²) in [4.78, 5) is 30.2. The molecule has 17 heavy (non-hydrogen) atoms. The van der Waals surface area contributed by atoms with Gasteiger partial charge in [0.15, 0.2) is 0 Å². The first-order valence-corrected chi connectivity index (χ1v) is 5.58. The average molecular weight is 255 g/mol. The van der Waals surface area contributed by atoms with Crippen molar-refractivity contribution in [2.24, 2.45) is 0 Å². The fourth-order valence-corrected chi connectivity index (χ4v) is 1.66. The van der Waals surface area contributed by atoms with Crippen LogP contribution in [-0.4, -0.2) is 34.4 Å². The predicted molar refractivity (Wildman–Crippen MR) is 60.5 cm³/mol. The Hall–Kier alpha value is -1.69. The Morgan fingerprint density at radius 3 is 2.94 bits per heavy atom. The zero-order valence-electron chi connectivity index (χ0n) is 8.94. The standard InChI is InChI=1S/C10H11ClN4O2/c11-8-5-12-7(4-13-8)10(17)14-3-6-1-2-9(16)15-6/h4-6H,1-3H2,(H,14,17)(H,15,16). The van der Waals surface area contributed by atoms with Crippen LogP contribution in [0.4, 0.5) is 0 Å². The van der Waals surface area contributed by atoms with Gasteiger partial charge in [-0.05, 0) is 6.42 Å². The smallest absolute Gasteiger partial charge is 0.271 e. The van der Waals surface area contributed by atoms with Crippen LogP contribution in [0.25, 0.3) is 0 Å². The van der Waals surface area contributed by atoms with Gasteiger partial charge in [0, 0.05) is 19.0 Å². The van der Waals surface area contributed by atoms with Crippen molar-refractivity contribution in [1.29, 1.82) is 0 Å². The van der Waals surface area contributed by atoms with Crippen LogP contribution in [0.1, 0.15) is 23.3 Å². The molecule has 1 aromatic rings. The highest BCUT2D eigenvalue weighted by molar-refractivity contribution is 6.29. The molecule has 1 aromatic heterocycles. The summed E-state index contributed by atoms with van der Waals surface area (Å²) in [5.74, 6) is -0.300. The Bertz CT molecular complexity index is 434. The lowest BCUT2D eigenvalue weighted by molar-refractivity contribution is -0.119. The van der Waals surface area contributed by atoms with E-state index in [-0.39, 0.29) is 28.7 Å². The molecule has 1 unspecified atom stereocenters. The molecule has 1 atom stereocenters. The van der Waals surface area contributed by atoms with Crippen molar-refractivity contribution >= 4 is 23.4 Å². The first-order valence-electron chi connectivity index (χ1n) is 5.20. The van der Waals surface area contributed by atoms with Crippen LogP contribution in [0.5, 0.6) is 0 Å². The molecule has 0 radical (unpaired) electrons. The molecule has 7 heteroatoms. The van der Waals surface area contributed by atoms with Crippen LogP contribution in [0.2, 0.25) is 5.15 Å². The van der Waals surface area contributed by atoms with Gasteiger partial charge in [0.05, 0.1) is 12.4 Å². The highest BCUT2D eigenvalue weighted by Crippen LogP contribution is 2.05. The van der Waals surface area contributed by atoms with Crippen LogP contribution >= 0.6 is 11.6 Å². The molecule has 0 bridgehead atoms. The normalized spacial score (nSPS) is 18.9. The zero-order chi connectivity index (χ0) is 12.3. The molecule has 90 valence electrons. The molecule has 6 nitrogen and oxygen atoms in total. The molecule has 1 saturated heterocycles. The van der Waals surface area contributed by atoms with E-state index in [2.05, 4.69) is 20.6 Å². The van der Waals surface area contributed by atoms with E-state index in [1.165, 1.54) is 12.4 Å². The number of nitrogens with zero attached hydrogens (tertiary/aromatic N) is 2. The zero-order valence-corrected chi connectivity index (χ0v) is 9.70. The van der Waals surface area contributed by atoms with Gasteiger partial charge < -0.3 is 10.6 Å². The number of nitrogens with one attached hydrogen (secondary N) is 2. The second-order valence-electron chi connectivity index (χ2n) is 3.74. The number of rotatable bonds is 3. The maximum atomic E-state index is 11.6. The van der Waals surface area contributed by atoms with Crippen molar-refractivity contribution in [3.63, 3.8) is 0 Å². The Labute approximate surface area is 103 Å². The third-order valence-corrected chi connectivity index (χ3v) is 2.64. The maximum Gasteiger partial charge on any atom is 0.271 e. The lowest BCUT2D eigenvalue weighted by Gasteiger charge is -2.10. The van der Waals surface area contributed by atoms with Crippen molar-refractivity contribution in [2.45, 2.75) is 18.9 Å². The number of hydrogen-bond donors (Lipinski definition) is 2. The summed E-state index contributed by atoms with van der Waals surface area (Å²) >= 11 is 5.56. The molecule has 2 rings (SSSR count). The summed E-state index contributed by atoms with van der Waals surface area (Å²) in [6.45, 7) is 0.398. The number of carbonyl (C=O) groups is 2. The number of carbonyl (C=O) groups excluding carboxylic acids is 2. The number of hydrogen-bond acceptors (Lipinski definition) is 4. The van der Waals surface area contributed by atoms with E-state index in [9.17, 15) is 9.59 Å². The van der Waals surface area contributed by atoms with Gasteiger partial charge in [-0.25, -0.2) is 9.97 Å². The third kappa shape index (κ3) is 3.13. The van der Waals surface area contributed by atoms with Gasteiger partial charge >= 0.3 is 0 Å². The molecule has 0 saturated carbocycles. The molecule has 2 heterocycles. The number of amides is 2. The predicted octanol–water partition coefficient (Wildman–Crippen LogP) is 0.138. The lowest BCUT2D eigenvalue weighted by atomic mass is 10.2. The van der Waals surface area contributed by atoms with Crippen LogP contribution in [0.15, 0.2) is 12.4 Å². The molecule has 1 aliphatic heterocycles. The minimum Gasteiger partial charge on any atom is -0.352 e. The highest BCUT2D eigenvalue weighted by atomic mass is 35.5. The van der Waals surface area contributed by atoms with Gasteiger partial charge in [-0.3, -0.25) is 9.59 Å². The summed E-state index contributed by atoms with van der Waals surface area (Å²) in [7, 11) is 0. The fraction of sp³-hybridized carbons (Fsp3) is 0.400. The van der Waals surface area contributed by atoms with E-state index in [1.54, 1.807) is 0 Å². The minimum absolute atomic E-state index is 0.00621.